The molecule has 5 rings (SSSR count). The van der Waals surface area contributed by atoms with Crippen molar-refractivity contribution in [3.8, 4) is 0 Å². The molecule has 1 unspecified atom stereocenters. The van der Waals surface area contributed by atoms with Crippen molar-refractivity contribution < 1.29 is 18.0 Å². The van der Waals surface area contributed by atoms with Gasteiger partial charge in [0.25, 0.3) is 5.82 Å². The Bertz CT molecular complexity index is 1590. The number of halogens is 3. The lowest BCUT2D eigenvalue weighted by atomic mass is 9.94. The Morgan fingerprint density at radius 1 is 1.07 bits per heavy atom. The van der Waals surface area contributed by atoms with Crippen LogP contribution in [0.15, 0.2) is 41.2 Å². The molecule has 0 spiro atoms. The van der Waals surface area contributed by atoms with E-state index in [1.165, 1.54) is 16.7 Å². The molecule has 2 aliphatic rings. The summed E-state index contributed by atoms with van der Waals surface area (Å²) in [6, 6.07) is 7.06. The van der Waals surface area contributed by atoms with E-state index >= 15 is 0 Å². The normalized spacial score (nSPS) is 20.2. The minimum absolute atomic E-state index is 0.145. The SMILES string of the molecule is [C-]#[N+]c1ccc2c(n1)c(N1C[C@@H](CC)N(C(C(=O)N(C)CC3CC3)c3ccc(C(F)(F)F)cc3)C[C@@H]1CC)nc(=O)n2C. The van der Waals surface area contributed by atoms with Crippen LogP contribution in [0.5, 0.6) is 0 Å². The van der Waals surface area contributed by atoms with Gasteiger partial charge in [0.05, 0.1) is 11.1 Å². The van der Waals surface area contributed by atoms with E-state index < -0.39 is 23.5 Å². The van der Waals surface area contributed by atoms with Crippen molar-refractivity contribution in [3.05, 3.63) is 69.4 Å². The molecule has 3 atom stereocenters. The predicted octanol–water partition coefficient (Wildman–Crippen LogP) is 5.19. The first-order valence-electron chi connectivity index (χ1n) is 14.7. The molecule has 3 heterocycles. The molecule has 228 valence electrons. The van der Waals surface area contributed by atoms with E-state index in [0.717, 1.165) is 25.0 Å². The zero-order chi connectivity index (χ0) is 31.1. The number of alkyl halides is 3. The number of fused-ring (bicyclic) bond motifs is 1. The van der Waals surface area contributed by atoms with Crippen molar-refractivity contribution in [1.29, 1.82) is 0 Å². The number of hydrogen-bond acceptors (Lipinski definition) is 6. The van der Waals surface area contributed by atoms with Crippen LogP contribution >= 0.6 is 0 Å². The van der Waals surface area contributed by atoms with Crippen molar-refractivity contribution in [3.63, 3.8) is 0 Å². The summed E-state index contributed by atoms with van der Waals surface area (Å²) >= 11 is 0. The molecular weight excluding hydrogens is 559 g/mol. The van der Waals surface area contributed by atoms with Crippen LogP contribution in [0.4, 0.5) is 24.8 Å². The molecule has 2 fully saturated rings. The van der Waals surface area contributed by atoms with E-state index in [1.54, 1.807) is 31.1 Å². The van der Waals surface area contributed by atoms with Gasteiger partial charge in [-0.25, -0.2) is 4.79 Å². The van der Waals surface area contributed by atoms with E-state index in [2.05, 4.69) is 24.6 Å². The molecule has 1 amide bonds. The van der Waals surface area contributed by atoms with Gasteiger partial charge in [-0.05, 0) is 61.4 Å². The predicted molar refractivity (Wildman–Crippen MR) is 158 cm³/mol. The highest BCUT2D eigenvalue weighted by Gasteiger charge is 2.42. The number of amides is 1. The van der Waals surface area contributed by atoms with E-state index in [1.807, 2.05) is 13.8 Å². The Labute approximate surface area is 248 Å². The molecule has 0 N–H and O–H groups in total. The maximum Gasteiger partial charge on any atom is 0.416 e. The summed E-state index contributed by atoms with van der Waals surface area (Å²) < 4.78 is 41.6. The number of hydrogen-bond donors (Lipinski definition) is 0. The molecule has 1 aliphatic heterocycles. The lowest BCUT2D eigenvalue weighted by Gasteiger charge is -2.49. The summed E-state index contributed by atoms with van der Waals surface area (Å²) in [6.45, 7) is 12.9. The second kappa shape index (κ2) is 12.0. The van der Waals surface area contributed by atoms with E-state index in [0.29, 0.717) is 60.8 Å². The number of pyridine rings is 1. The zero-order valence-electron chi connectivity index (χ0n) is 24.8. The van der Waals surface area contributed by atoms with Gasteiger partial charge in [0, 0.05) is 45.8 Å². The van der Waals surface area contributed by atoms with E-state index in [4.69, 9.17) is 6.57 Å². The minimum atomic E-state index is -4.48. The fourth-order valence-corrected chi connectivity index (χ4v) is 6.04. The summed E-state index contributed by atoms with van der Waals surface area (Å²) in [5, 5.41) is 0. The van der Waals surface area contributed by atoms with E-state index in [9.17, 15) is 22.8 Å². The van der Waals surface area contributed by atoms with E-state index in [-0.39, 0.29) is 23.8 Å². The van der Waals surface area contributed by atoms with Gasteiger partial charge < -0.3 is 14.6 Å². The van der Waals surface area contributed by atoms with Crippen LogP contribution in [0.2, 0.25) is 0 Å². The summed E-state index contributed by atoms with van der Waals surface area (Å²) in [6.07, 6.45) is -1.04. The van der Waals surface area contributed by atoms with Crippen LogP contribution in [0.3, 0.4) is 0 Å². The Balaban J connectivity index is 1.56. The largest absolute Gasteiger partial charge is 0.416 e. The zero-order valence-corrected chi connectivity index (χ0v) is 24.8. The molecule has 1 aliphatic carbocycles. The maximum absolute atomic E-state index is 14.1. The molecule has 1 aromatic carbocycles. The molecule has 12 heteroatoms. The molecule has 2 aromatic heterocycles. The first-order valence-corrected chi connectivity index (χ1v) is 14.7. The van der Waals surface area contributed by atoms with Crippen LogP contribution in [0, 0.1) is 12.5 Å². The Morgan fingerprint density at radius 2 is 1.74 bits per heavy atom. The van der Waals surface area contributed by atoms with Crippen LogP contribution in [0.25, 0.3) is 15.9 Å². The first kappa shape index (κ1) is 30.5. The number of rotatable bonds is 8. The number of carbonyl (C=O) groups excluding carboxylic acids is 1. The summed E-state index contributed by atoms with van der Waals surface area (Å²) in [4.78, 5) is 45.2. The molecule has 0 radical (unpaired) electrons. The third-order valence-corrected chi connectivity index (χ3v) is 8.71. The summed E-state index contributed by atoms with van der Waals surface area (Å²) in [5.74, 6) is 0.905. The molecule has 43 heavy (non-hydrogen) atoms. The molecule has 0 bridgehead atoms. The lowest BCUT2D eigenvalue weighted by molar-refractivity contribution is -0.138. The minimum Gasteiger partial charge on any atom is -0.361 e. The summed E-state index contributed by atoms with van der Waals surface area (Å²) in [7, 11) is 3.38. The number of carbonyl (C=O) groups is 1. The monoisotopic (exact) mass is 595 g/mol. The number of anilines is 1. The van der Waals surface area contributed by atoms with Gasteiger partial charge in [-0.1, -0.05) is 32.6 Å². The molecule has 1 saturated heterocycles. The van der Waals surface area contributed by atoms with Gasteiger partial charge >= 0.3 is 11.9 Å². The van der Waals surface area contributed by atoms with Crippen molar-refractivity contribution in [2.75, 3.05) is 31.6 Å². The van der Waals surface area contributed by atoms with Crippen LogP contribution < -0.4 is 10.6 Å². The molecule has 1 saturated carbocycles. The van der Waals surface area contributed by atoms with Crippen molar-refractivity contribution >= 4 is 28.6 Å². The number of benzene rings is 1. The molecule has 3 aromatic rings. The fourth-order valence-electron chi connectivity index (χ4n) is 6.04. The molecule has 9 nitrogen and oxygen atoms in total. The first-order chi connectivity index (χ1) is 20.5. The van der Waals surface area contributed by atoms with Crippen LogP contribution in [0.1, 0.15) is 56.7 Å². The molecular formula is C31H36F3N7O2. The Morgan fingerprint density at radius 3 is 2.33 bits per heavy atom. The van der Waals surface area contributed by atoms with Crippen molar-refractivity contribution in [2.45, 2.75) is 63.8 Å². The number of nitrogens with zero attached hydrogens (tertiary/aromatic N) is 7. The highest BCUT2D eigenvalue weighted by Crippen LogP contribution is 2.37. The number of aryl methyl sites for hydroxylation is 1. The average Bonchev–Trinajstić information content (AvgIpc) is 3.82. The number of aromatic nitrogens is 3. The topological polar surface area (TPSA) is 78.9 Å². The third-order valence-electron chi connectivity index (χ3n) is 8.71. The van der Waals surface area contributed by atoms with Crippen LogP contribution in [-0.2, 0) is 18.0 Å². The third kappa shape index (κ3) is 6.09. The standard InChI is InChI=1S/C31H36F3N7O2/c1-6-22-18-41(28-26-24(39(5)30(43)37-28)14-15-25(35-3)36-26)23(7-2)17-40(22)27(29(42)38(4)16-19-8-9-19)20-10-12-21(13-11-20)31(32,33)34/h10-15,19,22-23,27H,6-9,16-18H2,1-2,4-5H3/t22-,23+,27?/m1/s1. The van der Waals surface area contributed by atoms with Crippen LogP contribution in [-0.4, -0.2) is 69.0 Å². The smallest absolute Gasteiger partial charge is 0.361 e. The van der Waals surface area contributed by atoms with Crippen molar-refractivity contribution in [2.24, 2.45) is 13.0 Å². The maximum atomic E-state index is 14.1. The van der Waals surface area contributed by atoms with Gasteiger partial charge in [0.1, 0.15) is 6.04 Å². The highest BCUT2D eigenvalue weighted by atomic mass is 19.4. The van der Waals surface area contributed by atoms with Gasteiger partial charge in [-0.2, -0.15) is 18.2 Å². The van der Waals surface area contributed by atoms with Gasteiger partial charge in [0.15, 0.2) is 5.82 Å². The van der Waals surface area contributed by atoms with Crippen molar-refractivity contribution in [1.82, 2.24) is 24.3 Å². The van der Waals surface area contributed by atoms with Gasteiger partial charge in [0.2, 0.25) is 11.4 Å². The average molecular weight is 596 g/mol. The quantitative estimate of drug-likeness (QED) is 0.334. The number of piperazine rings is 1. The summed E-state index contributed by atoms with van der Waals surface area (Å²) in [5.41, 5.74) is 0.337. The van der Waals surface area contributed by atoms with Gasteiger partial charge in [-0.15, -0.1) is 4.98 Å². The van der Waals surface area contributed by atoms with Gasteiger partial charge in [-0.3, -0.25) is 14.3 Å². The second-order valence-corrected chi connectivity index (χ2v) is 11.6. The second-order valence-electron chi connectivity index (χ2n) is 11.6. The fraction of sp³-hybridized carbons (Fsp3) is 0.516. The lowest BCUT2D eigenvalue weighted by Crippen LogP contribution is -2.61. The Kier molecular flexibility index (Phi) is 8.47. The highest BCUT2D eigenvalue weighted by molar-refractivity contribution is 5.87. The Hall–Kier alpha value is -3.98. The number of likely N-dealkylation sites (N-methyl/N-ethyl adjacent to an activating group) is 1.